The number of hydrogen-bond donors (Lipinski definition) is 0. The van der Waals surface area contributed by atoms with Crippen molar-refractivity contribution in [2.75, 3.05) is 0 Å². The van der Waals surface area contributed by atoms with E-state index < -0.39 is 0 Å². The second-order valence-corrected chi connectivity index (χ2v) is 4.63. The molecule has 0 aliphatic rings. The Balaban J connectivity index is 0. The standard InChI is InChI=1S/C8H15NS.C2H6/c1-5-6-7-9-10-8(2,3)4;1-2/h5,7H,1,6H2,2-4H3;1-2H3/b9-7+;. The van der Waals surface area contributed by atoms with E-state index in [1.54, 1.807) is 11.9 Å². The van der Waals surface area contributed by atoms with Gasteiger partial charge in [0.1, 0.15) is 0 Å². The van der Waals surface area contributed by atoms with E-state index in [0.717, 1.165) is 6.42 Å². The van der Waals surface area contributed by atoms with E-state index in [4.69, 9.17) is 0 Å². The minimum absolute atomic E-state index is 0.234. The molecule has 0 aromatic heterocycles. The van der Waals surface area contributed by atoms with Gasteiger partial charge < -0.3 is 0 Å². The largest absolute Gasteiger partial charge is 0.228 e. The van der Waals surface area contributed by atoms with Crippen molar-refractivity contribution in [3.63, 3.8) is 0 Å². The van der Waals surface area contributed by atoms with Crippen LogP contribution in [0, 0.1) is 0 Å². The van der Waals surface area contributed by atoms with E-state index in [1.807, 2.05) is 26.1 Å². The Morgan fingerprint density at radius 3 is 2.17 bits per heavy atom. The molecule has 0 N–H and O–H groups in total. The highest BCUT2D eigenvalue weighted by atomic mass is 32.2. The van der Waals surface area contributed by atoms with Gasteiger partial charge in [0, 0.05) is 17.4 Å². The minimum atomic E-state index is 0.234. The van der Waals surface area contributed by atoms with Crippen molar-refractivity contribution in [1.29, 1.82) is 0 Å². The van der Waals surface area contributed by atoms with E-state index in [9.17, 15) is 0 Å². The van der Waals surface area contributed by atoms with E-state index in [-0.39, 0.29) is 4.75 Å². The van der Waals surface area contributed by atoms with Gasteiger partial charge in [-0.15, -0.1) is 6.58 Å². The number of allylic oxidation sites excluding steroid dienone is 1. The Morgan fingerprint density at radius 1 is 1.33 bits per heavy atom. The van der Waals surface area contributed by atoms with Crippen molar-refractivity contribution in [2.24, 2.45) is 4.40 Å². The molecule has 1 nitrogen and oxygen atoms in total. The highest BCUT2D eigenvalue weighted by Crippen LogP contribution is 2.23. The molecular weight excluding hydrogens is 166 g/mol. The maximum atomic E-state index is 4.15. The van der Waals surface area contributed by atoms with Crippen molar-refractivity contribution >= 4 is 18.2 Å². The van der Waals surface area contributed by atoms with Gasteiger partial charge in [-0.1, -0.05) is 19.9 Å². The summed E-state index contributed by atoms with van der Waals surface area (Å²) in [4.78, 5) is 0. The smallest absolute Gasteiger partial charge is 0.0294 e. The van der Waals surface area contributed by atoms with Crippen LogP contribution >= 0.6 is 11.9 Å². The molecule has 72 valence electrons. The van der Waals surface area contributed by atoms with E-state index in [2.05, 4.69) is 31.7 Å². The Labute approximate surface area is 81.5 Å². The van der Waals surface area contributed by atoms with Crippen LogP contribution in [0.1, 0.15) is 41.0 Å². The summed E-state index contributed by atoms with van der Waals surface area (Å²) in [5.74, 6) is 0. The van der Waals surface area contributed by atoms with Crippen LogP contribution in [0.3, 0.4) is 0 Å². The van der Waals surface area contributed by atoms with Crippen molar-refractivity contribution in [3.05, 3.63) is 12.7 Å². The molecule has 0 aliphatic carbocycles. The van der Waals surface area contributed by atoms with Gasteiger partial charge in [-0.2, -0.15) is 0 Å². The fourth-order valence-corrected chi connectivity index (χ4v) is 0.790. The molecule has 12 heavy (non-hydrogen) atoms. The molecule has 0 aromatic carbocycles. The van der Waals surface area contributed by atoms with Crippen LogP contribution in [0.2, 0.25) is 0 Å². The number of rotatable bonds is 3. The summed E-state index contributed by atoms with van der Waals surface area (Å²) in [6.45, 7) is 14.0. The van der Waals surface area contributed by atoms with Gasteiger partial charge in [0.05, 0.1) is 0 Å². The molecule has 0 amide bonds. The lowest BCUT2D eigenvalue weighted by atomic mass is 10.3. The lowest BCUT2D eigenvalue weighted by Gasteiger charge is -2.11. The quantitative estimate of drug-likeness (QED) is 0.368. The lowest BCUT2D eigenvalue weighted by Crippen LogP contribution is -2.04. The van der Waals surface area contributed by atoms with Crippen molar-refractivity contribution in [2.45, 2.75) is 45.8 Å². The van der Waals surface area contributed by atoms with Crippen molar-refractivity contribution in [3.8, 4) is 0 Å². The molecule has 0 aromatic rings. The maximum absolute atomic E-state index is 4.15. The number of hydrogen-bond acceptors (Lipinski definition) is 2. The topological polar surface area (TPSA) is 12.4 Å². The first-order valence-corrected chi connectivity index (χ1v) is 5.14. The van der Waals surface area contributed by atoms with Crippen LogP contribution in [0.15, 0.2) is 17.1 Å². The fourth-order valence-electron chi connectivity index (χ4n) is 0.313. The SMILES string of the molecule is C=CC/C=N/SC(C)(C)C.CC. The summed E-state index contributed by atoms with van der Waals surface area (Å²) in [5, 5.41) is 0. The van der Waals surface area contributed by atoms with Gasteiger partial charge >= 0.3 is 0 Å². The zero-order chi connectivity index (χ0) is 10.0. The normalized spacial score (nSPS) is 10.8. The molecule has 0 saturated heterocycles. The molecular formula is C10H21NS. The molecule has 0 spiro atoms. The third-order valence-electron chi connectivity index (χ3n) is 0.673. The van der Waals surface area contributed by atoms with E-state index in [1.165, 1.54) is 0 Å². The summed E-state index contributed by atoms with van der Waals surface area (Å²) in [6, 6.07) is 0. The summed E-state index contributed by atoms with van der Waals surface area (Å²) < 4.78 is 4.39. The monoisotopic (exact) mass is 187 g/mol. The zero-order valence-electron chi connectivity index (χ0n) is 8.92. The second kappa shape index (κ2) is 8.85. The molecule has 0 unspecified atom stereocenters. The van der Waals surface area contributed by atoms with Crippen molar-refractivity contribution < 1.29 is 0 Å². The third kappa shape index (κ3) is 16.4. The lowest BCUT2D eigenvalue weighted by molar-refractivity contribution is 0.804. The Bertz CT molecular complexity index is 122. The first-order chi connectivity index (χ1) is 5.56. The molecule has 0 radical (unpaired) electrons. The third-order valence-corrected chi connectivity index (χ3v) is 1.48. The summed E-state index contributed by atoms with van der Waals surface area (Å²) in [5.41, 5.74) is 0. The van der Waals surface area contributed by atoms with Gasteiger partial charge in [0.25, 0.3) is 0 Å². The highest BCUT2D eigenvalue weighted by molar-refractivity contribution is 7.99. The first-order valence-electron chi connectivity index (χ1n) is 4.37. The van der Waals surface area contributed by atoms with Crippen LogP contribution in [-0.2, 0) is 0 Å². The van der Waals surface area contributed by atoms with Crippen molar-refractivity contribution in [1.82, 2.24) is 0 Å². The van der Waals surface area contributed by atoms with Gasteiger partial charge in [0.15, 0.2) is 0 Å². The van der Waals surface area contributed by atoms with Crippen LogP contribution in [0.25, 0.3) is 0 Å². The molecule has 0 heterocycles. The number of nitrogens with zero attached hydrogens (tertiary/aromatic N) is 1. The summed E-state index contributed by atoms with van der Waals surface area (Å²) in [7, 11) is 0. The molecule has 0 saturated carbocycles. The van der Waals surface area contributed by atoms with Gasteiger partial charge in [0.2, 0.25) is 0 Å². The molecule has 0 atom stereocenters. The molecule has 2 heteroatoms. The van der Waals surface area contributed by atoms with Gasteiger partial charge in [-0.3, -0.25) is 0 Å². The predicted molar refractivity (Wildman–Crippen MR) is 62.0 cm³/mol. The molecule has 0 aliphatic heterocycles. The van der Waals surface area contributed by atoms with E-state index >= 15 is 0 Å². The Morgan fingerprint density at radius 2 is 1.83 bits per heavy atom. The van der Waals surface area contributed by atoms with Crippen LogP contribution < -0.4 is 0 Å². The van der Waals surface area contributed by atoms with Crippen LogP contribution in [0.4, 0.5) is 0 Å². The predicted octanol–water partition coefficient (Wildman–Crippen LogP) is 4.11. The summed E-state index contributed by atoms with van der Waals surface area (Å²) in [6.07, 6.45) is 4.58. The second-order valence-electron chi connectivity index (χ2n) is 3.02. The average Bonchev–Trinajstić information content (AvgIpc) is 2.01. The first kappa shape index (κ1) is 14.3. The van der Waals surface area contributed by atoms with Crippen LogP contribution in [0.5, 0.6) is 0 Å². The molecule has 0 fully saturated rings. The minimum Gasteiger partial charge on any atom is -0.228 e. The van der Waals surface area contributed by atoms with Crippen LogP contribution in [-0.4, -0.2) is 11.0 Å². The molecule has 0 bridgehead atoms. The maximum Gasteiger partial charge on any atom is 0.0294 e. The van der Waals surface area contributed by atoms with Gasteiger partial charge in [-0.25, -0.2) is 4.40 Å². The fraction of sp³-hybridized carbons (Fsp3) is 0.700. The molecule has 0 rings (SSSR count). The zero-order valence-corrected chi connectivity index (χ0v) is 9.74. The Hall–Kier alpha value is -0.240. The summed E-state index contributed by atoms with van der Waals surface area (Å²) >= 11 is 1.60. The average molecular weight is 187 g/mol. The van der Waals surface area contributed by atoms with Gasteiger partial charge in [-0.05, 0) is 32.7 Å². The Kier molecular flexibility index (Phi) is 10.5. The highest BCUT2D eigenvalue weighted by Gasteiger charge is 2.08. The van der Waals surface area contributed by atoms with E-state index in [0.29, 0.717) is 0 Å².